The lowest BCUT2D eigenvalue weighted by Crippen LogP contribution is -2.15. The molecule has 3 aromatic rings. The van der Waals surface area contributed by atoms with Crippen molar-refractivity contribution in [2.45, 2.75) is 11.8 Å². The van der Waals surface area contributed by atoms with E-state index >= 15 is 0 Å². The number of nitrogens with two attached hydrogens (primary N) is 1. The van der Waals surface area contributed by atoms with Crippen LogP contribution in [-0.2, 0) is 10.0 Å². The average Bonchev–Trinajstić information content (AvgIpc) is 2.64. The summed E-state index contributed by atoms with van der Waals surface area (Å²) in [4.78, 5) is 12.6. The van der Waals surface area contributed by atoms with Crippen molar-refractivity contribution in [3.8, 4) is 11.5 Å². The molecule has 0 saturated carbocycles. The van der Waals surface area contributed by atoms with E-state index in [1.54, 1.807) is 13.0 Å². The smallest absolute Gasteiger partial charge is 0.259 e. The quantitative estimate of drug-likeness (QED) is 0.618. The van der Waals surface area contributed by atoms with Crippen LogP contribution in [0.3, 0.4) is 0 Å². The number of ether oxygens (including phenoxy) is 1. The third kappa shape index (κ3) is 5.11. The van der Waals surface area contributed by atoms with Crippen molar-refractivity contribution < 1.29 is 22.3 Å². The van der Waals surface area contributed by atoms with Gasteiger partial charge in [0.15, 0.2) is 0 Å². The molecular formula is C20H16ClFN2O4S. The van der Waals surface area contributed by atoms with Crippen LogP contribution in [0.25, 0.3) is 0 Å². The van der Waals surface area contributed by atoms with Crippen LogP contribution in [0.15, 0.2) is 65.6 Å². The minimum Gasteiger partial charge on any atom is -0.456 e. The average molecular weight is 435 g/mol. The Labute approximate surface area is 172 Å². The van der Waals surface area contributed by atoms with Crippen LogP contribution >= 0.6 is 11.6 Å². The first-order chi connectivity index (χ1) is 13.6. The minimum atomic E-state index is -3.92. The molecule has 150 valence electrons. The van der Waals surface area contributed by atoms with Crippen molar-refractivity contribution in [1.29, 1.82) is 0 Å². The van der Waals surface area contributed by atoms with E-state index in [2.05, 4.69) is 5.32 Å². The number of nitrogens with one attached hydrogen (secondary N) is 1. The van der Waals surface area contributed by atoms with Gasteiger partial charge in [0, 0.05) is 10.7 Å². The Balaban J connectivity index is 1.92. The molecule has 0 aliphatic heterocycles. The van der Waals surface area contributed by atoms with E-state index in [9.17, 15) is 17.6 Å². The largest absolute Gasteiger partial charge is 0.456 e. The molecule has 0 saturated heterocycles. The number of carbonyl (C=O) groups excluding carboxylic acids is 1. The third-order valence-electron chi connectivity index (χ3n) is 3.96. The Morgan fingerprint density at radius 2 is 1.79 bits per heavy atom. The van der Waals surface area contributed by atoms with Crippen molar-refractivity contribution in [2.24, 2.45) is 5.14 Å². The van der Waals surface area contributed by atoms with Gasteiger partial charge < -0.3 is 10.1 Å². The Bertz CT molecular complexity index is 1200. The summed E-state index contributed by atoms with van der Waals surface area (Å²) in [5, 5.41) is 8.01. The van der Waals surface area contributed by atoms with Gasteiger partial charge in [0.25, 0.3) is 5.91 Å². The second-order valence-corrected chi connectivity index (χ2v) is 8.18. The molecular weight excluding hydrogens is 419 g/mol. The molecule has 0 aromatic heterocycles. The molecule has 0 heterocycles. The highest BCUT2D eigenvalue weighted by molar-refractivity contribution is 7.89. The van der Waals surface area contributed by atoms with Gasteiger partial charge in [0.2, 0.25) is 10.0 Å². The summed E-state index contributed by atoms with van der Waals surface area (Å²) in [7, 11) is -3.92. The Kier molecular flexibility index (Phi) is 5.88. The molecule has 9 heteroatoms. The van der Waals surface area contributed by atoms with Crippen LogP contribution < -0.4 is 15.2 Å². The van der Waals surface area contributed by atoms with Crippen LogP contribution in [0.1, 0.15) is 15.9 Å². The molecule has 6 nitrogen and oxygen atoms in total. The van der Waals surface area contributed by atoms with E-state index in [-0.39, 0.29) is 21.9 Å². The third-order valence-corrected chi connectivity index (χ3v) is 5.11. The second-order valence-electron chi connectivity index (χ2n) is 6.18. The lowest BCUT2D eigenvalue weighted by atomic mass is 10.1. The fourth-order valence-electron chi connectivity index (χ4n) is 2.56. The summed E-state index contributed by atoms with van der Waals surface area (Å²) in [5.74, 6) is -0.407. The van der Waals surface area contributed by atoms with E-state index in [0.717, 1.165) is 0 Å². The summed E-state index contributed by atoms with van der Waals surface area (Å²) >= 11 is 6.02. The van der Waals surface area contributed by atoms with Gasteiger partial charge in [-0.3, -0.25) is 4.79 Å². The monoisotopic (exact) mass is 434 g/mol. The predicted octanol–water partition coefficient (Wildman–Crippen LogP) is 4.48. The molecule has 3 rings (SSSR count). The van der Waals surface area contributed by atoms with Crippen molar-refractivity contribution in [3.05, 3.63) is 82.6 Å². The number of benzene rings is 3. The Hall–Kier alpha value is -2.94. The first-order valence-electron chi connectivity index (χ1n) is 8.31. The standard InChI is InChI=1S/C20H16ClFN2O4S/c1-12-9-14(22)6-8-18(12)28-19-7-5-13(21)10-17(19)20(25)24-15-3-2-4-16(11-15)29(23,26)27/h2-11H,1H3,(H,24,25)(H2,23,26,27). The van der Waals surface area contributed by atoms with E-state index < -0.39 is 21.7 Å². The van der Waals surface area contributed by atoms with Gasteiger partial charge in [0.05, 0.1) is 10.5 Å². The number of hydrogen-bond acceptors (Lipinski definition) is 4. The first-order valence-corrected chi connectivity index (χ1v) is 10.2. The molecule has 0 bridgehead atoms. The van der Waals surface area contributed by atoms with Crippen LogP contribution in [0, 0.1) is 12.7 Å². The SMILES string of the molecule is Cc1cc(F)ccc1Oc1ccc(Cl)cc1C(=O)Nc1cccc(S(N)(=O)=O)c1. The second kappa shape index (κ2) is 8.20. The highest BCUT2D eigenvalue weighted by atomic mass is 35.5. The molecule has 0 spiro atoms. The lowest BCUT2D eigenvalue weighted by Gasteiger charge is -2.14. The van der Waals surface area contributed by atoms with Gasteiger partial charge in [-0.2, -0.15) is 0 Å². The van der Waals surface area contributed by atoms with E-state index in [1.165, 1.54) is 54.6 Å². The molecule has 3 aromatic carbocycles. The number of halogens is 2. The number of aryl methyl sites for hydroxylation is 1. The van der Waals surface area contributed by atoms with Gasteiger partial charge in [-0.05, 0) is 67.1 Å². The molecule has 1 amide bonds. The fraction of sp³-hybridized carbons (Fsp3) is 0.0500. The van der Waals surface area contributed by atoms with Crippen LogP contribution in [0.2, 0.25) is 5.02 Å². The molecule has 0 aliphatic rings. The zero-order chi connectivity index (χ0) is 21.2. The van der Waals surface area contributed by atoms with E-state index in [0.29, 0.717) is 16.3 Å². The molecule has 0 unspecified atom stereocenters. The van der Waals surface area contributed by atoms with Gasteiger partial charge in [-0.15, -0.1) is 0 Å². The van der Waals surface area contributed by atoms with Gasteiger partial charge in [-0.1, -0.05) is 17.7 Å². The van der Waals surface area contributed by atoms with Crippen LogP contribution in [-0.4, -0.2) is 14.3 Å². The number of hydrogen-bond donors (Lipinski definition) is 2. The Morgan fingerprint density at radius 3 is 2.48 bits per heavy atom. The maximum Gasteiger partial charge on any atom is 0.259 e. The molecule has 3 N–H and O–H groups in total. The minimum absolute atomic E-state index is 0.113. The highest BCUT2D eigenvalue weighted by Gasteiger charge is 2.17. The van der Waals surface area contributed by atoms with Crippen molar-refractivity contribution in [1.82, 2.24) is 0 Å². The van der Waals surface area contributed by atoms with Crippen molar-refractivity contribution in [3.63, 3.8) is 0 Å². The number of anilines is 1. The highest BCUT2D eigenvalue weighted by Crippen LogP contribution is 2.31. The van der Waals surface area contributed by atoms with Gasteiger partial charge in [0.1, 0.15) is 17.3 Å². The summed E-state index contributed by atoms with van der Waals surface area (Å²) in [6, 6.07) is 14.0. The molecule has 0 fully saturated rings. The molecule has 0 radical (unpaired) electrons. The van der Waals surface area contributed by atoms with Crippen molar-refractivity contribution >= 4 is 33.2 Å². The number of carbonyl (C=O) groups is 1. The van der Waals surface area contributed by atoms with Crippen LogP contribution in [0.4, 0.5) is 10.1 Å². The normalized spacial score (nSPS) is 11.2. The van der Waals surface area contributed by atoms with Crippen LogP contribution in [0.5, 0.6) is 11.5 Å². The number of primary sulfonamides is 1. The maximum atomic E-state index is 13.3. The topological polar surface area (TPSA) is 98.5 Å². The summed E-state index contributed by atoms with van der Waals surface area (Å²) in [6.45, 7) is 1.67. The predicted molar refractivity (Wildman–Crippen MR) is 108 cm³/mol. The number of sulfonamides is 1. The zero-order valence-corrected chi connectivity index (χ0v) is 16.7. The lowest BCUT2D eigenvalue weighted by molar-refractivity contribution is 0.102. The van der Waals surface area contributed by atoms with Gasteiger partial charge in [-0.25, -0.2) is 17.9 Å². The zero-order valence-electron chi connectivity index (χ0n) is 15.1. The first kappa shape index (κ1) is 20.8. The fourth-order valence-corrected chi connectivity index (χ4v) is 3.30. The van der Waals surface area contributed by atoms with E-state index in [4.69, 9.17) is 21.5 Å². The maximum absolute atomic E-state index is 13.3. The summed E-state index contributed by atoms with van der Waals surface area (Å²) in [6.07, 6.45) is 0. The van der Waals surface area contributed by atoms with Crippen molar-refractivity contribution in [2.75, 3.05) is 5.32 Å². The Morgan fingerprint density at radius 1 is 1.07 bits per heavy atom. The molecule has 0 atom stereocenters. The number of amides is 1. The summed E-state index contributed by atoms with van der Waals surface area (Å²) in [5.41, 5.74) is 0.889. The summed E-state index contributed by atoms with van der Waals surface area (Å²) < 4.78 is 42.1. The number of rotatable bonds is 5. The molecule has 0 aliphatic carbocycles. The van der Waals surface area contributed by atoms with Gasteiger partial charge >= 0.3 is 0 Å². The molecule has 29 heavy (non-hydrogen) atoms. The van der Waals surface area contributed by atoms with E-state index in [1.807, 2.05) is 0 Å².